The van der Waals surface area contributed by atoms with Gasteiger partial charge in [0.05, 0.1) is 22.9 Å². The molecule has 3 rings (SSSR count). The molecule has 2 bridgehead atoms. The summed E-state index contributed by atoms with van der Waals surface area (Å²) in [6, 6.07) is 6.31. The molecule has 1 aromatic carbocycles. The first-order valence-electron chi connectivity index (χ1n) is 6.01. The van der Waals surface area contributed by atoms with Crippen molar-refractivity contribution >= 4 is 33.2 Å². The highest BCUT2D eigenvalue weighted by Gasteiger charge is 2.34. The molecule has 0 aromatic heterocycles. The van der Waals surface area contributed by atoms with Gasteiger partial charge in [-0.2, -0.15) is 0 Å². The molecule has 0 amide bonds. The number of alkyl halides is 1. The fourth-order valence-corrected chi connectivity index (χ4v) is 3.37. The second-order valence-corrected chi connectivity index (χ2v) is 5.75. The maximum absolute atomic E-state index is 6.35. The standard InChI is InChI=1S/C13H15BrClNO/c14-6-9-1-4-13(12(15)5-9)16-7-10-2-3-11(8-16)17-10/h1,4-5,10-11H,2-3,6-8H2. The molecule has 2 saturated heterocycles. The van der Waals surface area contributed by atoms with Gasteiger partial charge in [-0.1, -0.05) is 33.6 Å². The highest BCUT2D eigenvalue weighted by Crippen LogP contribution is 2.34. The Hall–Kier alpha value is -0.250. The highest BCUT2D eigenvalue weighted by molar-refractivity contribution is 9.08. The summed E-state index contributed by atoms with van der Waals surface area (Å²) < 4.78 is 5.84. The van der Waals surface area contributed by atoms with Gasteiger partial charge in [-0.05, 0) is 30.5 Å². The van der Waals surface area contributed by atoms with Crippen molar-refractivity contribution < 1.29 is 4.74 Å². The van der Waals surface area contributed by atoms with E-state index in [4.69, 9.17) is 16.3 Å². The smallest absolute Gasteiger partial charge is 0.0755 e. The summed E-state index contributed by atoms with van der Waals surface area (Å²) in [6.07, 6.45) is 3.19. The maximum Gasteiger partial charge on any atom is 0.0755 e. The first kappa shape index (κ1) is 11.8. The van der Waals surface area contributed by atoms with Crippen LogP contribution in [0.4, 0.5) is 5.69 Å². The zero-order chi connectivity index (χ0) is 11.8. The number of rotatable bonds is 2. The Kier molecular flexibility index (Phi) is 3.33. The van der Waals surface area contributed by atoms with E-state index in [0.29, 0.717) is 12.2 Å². The van der Waals surface area contributed by atoms with Crippen LogP contribution in [0.15, 0.2) is 18.2 Å². The van der Waals surface area contributed by atoms with Gasteiger partial charge in [-0.15, -0.1) is 0 Å². The average molecular weight is 317 g/mol. The van der Waals surface area contributed by atoms with E-state index in [2.05, 4.69) is 33.0 Å². The van der Waals surface area contributed by atoms with Gasteiger partial charge < -0.3 is 9.64 Å². The van der Waals surface area contributed by atoms with Crippen molar-refractivity contribution in [3.8, 4) is 0 Å². The predicted octanol–water partition coefficient (Wildman–Crippen LogP) is 3.60. The third-order valence-corrected chi connectivity index (χ3v) is 4.50. The molecule has 92 valence electrons. The first-order chi connectivity index (χ1) is 8.26. The molecule has 0 N–H and O–H groups in total. The Balaban J connectivity index is 1.84. The summed E-state index contributed by atoms with van der Waals surface area (Å²) >= 11 is 9.80. The van der Waals surface area contributed by atoms with Gasteiger partial charge >= 0.3 is 0 Å². The van der Waals surface area contributed by atoms with E-state index in [1.807, 2.05) is 6.07 Å². The van der Waals surface area contributed by atoms with E-state index in [0.717, 1.165) is 29.1 Å². The van der Waals surface area contributed by atoms with E-state index >= 15 is 0 Å². The number of nitrogens with zero attached hydrogens (tertiary/aromatic N) is 1. The molecule has 2 fully saturated rings. The minimum absolute atomic E-state index is 0.403. The van der Waals surface area contributed by atoms with Crippen molar-refractivity contribution in [2.45, 2.75) is 30.4 Å². The monoisotopic (exact) mass is 315 g/mol. The first-order valence-corrected chi connectivity index (χ1v) is 7.51. The summed E-state index contributed by atoms with van der Waals surface area (Å²) in [7, 11) is 0. The van der Waals surface area contributed by atoms with E-state index in [9.17, 15) is 0 Å². The summed E-state index contributed by atoms with van der Waals surface area (Å²) in [5.41, 5.74) is 2.37. The third kappa shape index (κ3) is 2.33. The van der Waals surface area contributed by atoms with Gasteiger partial charge in [-0.3, -0.25) is 0 Å². The fourth-order valence-electron chi connectivity index (χ4n) is 2.70. The van der Waals surface area contributed by atoms with Crippen molar-refractivity contribution in [1.82, 2.24) is 0 Å². The molecule has 2 aliphatic heterocycles. The lowest BCUT2D eigenvalue weighted by Gasteiger charge is -2.34. The highest BCUT2D eigenvalue weighted by atomic mass is 79.9. The van der Waals surface area contributed by atoms with Crippen molar-refractivity contribution in [3.63, 3.8) is 0 Å². The Morgan fingerprint density at radius 3 is 2.59 bits per heavy atom. The largest absolute Gasteiger partial charge is 0.371 e. The van der Waals surface area contributed by atoms with Gasteiger partial charge in [0.15, 0.2) is 0 Å². The zero-order valence-electron chi connectivity index (χ0n) is 9.53. The van der Waals surface area contributed by atoms with E-state index in [1.165, 1.54) is 18.4 Å². The number of benzene rings is 1. The Morgan fingerprint density at radius 1 is 1.29 bits per heavy atom. The minimum atomic E-state index is 0.403. The number of hydrogen-bond acceptors (Lipinski definition) is 2. The lowest BCUT2D eigenvalue weighted by molar-refractivity contribution is 0.0305. The zero-order valence-corrected chi connectivity index (χ0v) is 11.9. The van der Waals surface area contributed by atoms with E-state index in [1.54, 1.807) is 0 Å². The molecule has 2 atom stereocenters. The van der Waals surface area contributed by atoms with Crippen LogP contribution in [-0.2, 0) is 10.1 Å². The predicted molar refractivity (Wildman–Crippen MR) is 74.2 cm³/mol. The van der Waals surface area contributed by atoms with Crippen LogP contribution in [0, 0.1) is 0 Å². The molecular formula is C13H15BrClNO. The van der Waals surface area contributed by atoms with Crippen LogP contribution in [0.1, 0.15) is 18.4 Å². The summed E-state index contributed by atoms with van der Waals surface area (Å²) in [5, 5.41) is 1.70. The summed E-state index contributed by atoms with van der Waals surface area (Å²) in [4.78, 5) is 2.37. The number of halogens is 2. The molecule has 0 radical (unpaired) electrons. The Labute approximate surface area is 115 Å². The number of ether oxygens (including phenoxy) is 1. The van der Waals surface area contributed by atoms with Crippen LogP contribution < -0.4 is 4.90 Å². The molecule has 2 aliphatic rings. The lowest BCUT2D eigenvalue weighted by Crippen LogP contribution is -2.42. The van der Waals surface area contributed by atoms with E-state index < -0.39 is 0 Å². The van der Waals surface area contributed by atoms with Gasteiger partial charge in [0.1, 0.15) is 0 Å². The van der Waals surface area contributed by atoms with Crippen LogP contribution >= 0.6 is 27.5 Å². The number of morpholine rings is 1. The number of anilines is 1. The van der Waals surface area contributed by atoms with Crippen LogP contribution in [0.5, 0.6) is 0 Å². The van der Waals surface area contributed by atoms with Crippen LogP contribution in [0.3, 0.4) is 0 Å². The minimum Gasteiger partial charge on any atom is -0.371 e. The molecule has 4 heteroatoms. The Bertz CT molecular complexity index is 414. The lowest BCUT2D eigenvalue weighted by atomic mass is 10.2. The van der Waals surface area contributed by atoms with Crippen molar-refractivity contribution in [3.05, 3.63) is 28.8 Å². The fraction of sp³-hybridized carbons (Fsp3) is 0.538. The number of hydrogen-bond donors (Lipinski definition) is 0. The second-order valence-electron chi connectivity index (χ2n) is 4.78. The van der Waals surface area contributed by atoms with Gasteiger partial charge in [0, 0.05) is 18.4 Å². The summed E-state index contributed by atoms with van der Waals surface area (Å²) in [6.45, 7) is 1.95. The normalized spacial score (nSPS) is 27.5. The van der Waals surface area contributed by atoms with Crippen molar-refractivity contribution in [2.24, 2.45) is 0 Å². The van der Waals surface area contributed by atoms with Crippen LogP contribution in [0.25, 0.3) is 0 Å². The van der Waals surface area contributed by atoms with Crippen LogP contribution in [-0.4, -0.2) is 25.3 Å². The average Bonchev–Trinajstić information content (AvgIpc) is 2.68. The van der Waals surface area contributed by atoms with Crippen molar-refractivity contribution in [1.29, 1.82) is 0 Å². The topological polar surface area (TPSA) is 12.5 Å². The SMILES string of the molecule is Clc1cc(CBr)ccc1N1CC2CCC(C1)O2. The Morgan fingerprint density at radius 2 is 2.00 bits per heavy atom. The summed E-state index contributed by atoms with van der Waals surface area (Å²) in [5.74, 6) is 0. The molecule has 2 heterocycles. The second kappa shape index (κ2) is 4.79. The van der Waals surface area contributed by atoms with Gasteiger partial charge in [0.25, 0.3) is 0 Å². The molecule has 0 saturated carbocycles. The van der Waals surface area contributed by atoms with Crippen LogP contribution in [0.2, 0.25) is 5.02 Å². The quantitative estimate of drug-likeness (QED) is 0.773. The molecular weight excluding hydrogens is 302 g/mol. The molecule has 2 unspecified atom stereocenters. The molecule has 0 spiro atoms. The van der Waals surface area contributed by atoms with Gasteiger partial charge in [0.2, 0.25) is 0 Å². The van der Waals surface area contributed by atoms with Crippen molar-refractivity contribution in [2.75, 3.05) is 18.0 Å². The number of fused-ring (bicyclic) bond motifs is 2. The third-order valence-electron chi connectivity index (χ3n) is 3.55. The molecule has 2 nitrogen and oxygen atoms in total. The molecule has 1 aromatic rings. The van der Waals surface area contributed by atoms with Gasteiger partial charge in [-0.25, -0.2) is 0 Å². The maximum atomic E-state index is 6.35. The molecule has 17 heavy (non-hydrogen) atoms. The van der Waals surface area contributed by atoms with E-state index in [-0.39, 0.29) is 0 Å². The molecule has 0 aliphatic carbocycles.